The Kier molecular flexibility index (Phi) is 4.21. The minimum Gasteiger partial charge on any atom is -0.497 e. The lowest BCUT2D eigenvalue weighted by Crippen LogP contribution is -2.32. The summed E-state index contributed by atoms with van der Waals surface area (Å²) in [6, 6.07) is 23.1. The zero-order chi connectivity index (χ0) is 19.8. The molecule has 0 N–H and O–H groups in total. The van der Waals surface area contributed by atoms with Gasteiger partial charge in [-0.2, -0.15) is 0 Å². The van der Waals surface area contributed by atoms with Gasteiger partial charge in [0.05, 0.1) is 19.2 Å². The van der Waals surface area contributed by atoms with E-state index in [1.807, 2.05) is 66.7 Å². The molecule has 2 heterocycles. The molecule has 0 aliphatic carbocycles. The van der Waals surface area contributed by atoms with Gasteiger partial charge in [-0.05, 0) is 35.4 Å². The van der Waals surface area contributed by atoms with Gasteiger partial charge in [0, 0.05) is 23.2 Å². The zero-order valence-corrected chi connectivity index (χ0v) is 15.9. The molecule has 0 saturated heterocycles. The molecule has 0 atom stereocenters. The van der Waals surface area contributed by atoms with Gasteiger partial charge in [0.1, 0.15) is 17.1 Å². The molecule has 5 heteroatoms. The summed E-state index contributed by atoms with van der Waals surface area (Å²) in [6.07, 6.45) is 0. The van der Waals surface area contributed by atoms with Crippen molar-refractivity contribution in [3.05, 3.63) is 88.8 Å². The van der Waals surface area contributed by atoms with Crippen LogP contribution in [-0.2, 0) is 6.54 Å². The number of nitrogens with zero attached hydrogens (tertiary/aromatic N) is 1. The highest BCUT2D eigenvalue weighted by Gasteiger charge is 2.23. The fourth-order valence-electron chi connectivity index (χ4n) is 3.76. The van der Waals surface area contributed by atoms with E-state index in [1.165, 1.54) is 0 Å². The maximum Gasteiger partial charge on any atom is 0.336 e. The van der Waals surface area contributed by atoms with E-state index in [-0.39, 0.29) is 5.63 Å². The van der Waals surface area contributed by atoms with Crippen LogP contribution in [0.1, 0.15) is 5.56 Å². The summed E-state index contributed by atoms with van der Waals surface area (Å²) in [5, 5.41) is 0.894. The molecule has 1 aliphatic rings. The van der Waals surface area contributed by atoms with Crippen molar-refractivity contribution in [2.75, 3.05) is 18.7 Å². The second-order valence-electron chi connectivity index (χ2n) is 6.94. The van der Waals surface area contributed by atoms with Crippen molar-refractivity contribution in [3.8, 4) is 22.6 Å². The van der Waals surface area contributed by atoms with E-state index < -0.39 is 0 Å². The van der Waals surface area contributed by atoms with E-state index in [0.29, 0.717) is 18.9 Å². The highest BCUT2D eigenvalue weighted by Crippen LogP contribution is 2.37. The molecule has 0 amide bonds. The lowest BCUT2D eigenvalue weighted by atomic mass is 9.99. The molecule has 0 bridgehead atoms. The van der Waals surface area contributed by atoms with Crippen LogP contribution in [0.4, 0.5) is 5.69 Å². The molecule has 3 aromatic carbocycles. The molecule has 29 heavy (non-hydrogen) atoms. The number of benzene rings is 3. The molecule has 0 unspecified atom stereocenters. The van der Waals surface area contributed by atoms with Crippen LogP contribution in [-0.4, -0.2) is 13.8 Å². The third kappa shape index (κ3) is 3.10. The predicted octanol–water partition coefficient (Wildman–Crippen LogP) is 4.83. The van der Waals surface area contributed by atoms with Gasteiger partial charge in [0.15, 0.2) is 6.73 Å². The average Bonchev–Trinajstić information content (AvgIpc) is 2.78. The first kappa shape index (κ1) is 17.4. The third-order valence-electron chi connectivity index (χ3n) is 5.20. The fourth-order valence-corrected chi connectivity index (χ4v) is 3.76. The van der Waals surface area contributed by atoms with E-state index >= 15 is 0 Å². The normalized spacial score (nSPS) is 13.1. The molecule has 144 valence electrons. The topological polar surface area (TPSA) is 51.9 Å². The molecular weight excluding hydrogens is 366 g/mol. The number of rotatable bonds is 3. The van der Waals surface area contributed by atoms with E-state index in [4.69, 9.17) is 13.9 Å². The van der Waals surface area contributed by atoms with Crippen LogP contribution in [0.3, 0.4) is 0 Å². The summed E-state index contributed by atoms with van der Waals surface area (Å²) in [4.78, 5) is 14.4. The number of hydrogen-bond acceptors (Lipinski definition) is 5. The average molecular weight is 385 g/mol. The molecular formula is C24H19NO4. The minimum atomic E-state index is -0.372. The third-order valence-corrected chi connectivity index (χ3v) is 5.20. The lowest BCUT2D eigenvalue weighted by molar-refractivity contribution is 0.289. The summed E-state index contributed by atoms with van der Waals surface area (Å²) in [6.45, 7) is 0.981. The summed E-state index contributed by atoms with van der Waals surface area (Å²) < 4.78 is 17.0. The van der Waals surface area contributed by atoms with Crippen LogP contribution < -0.4 is 20.0 Å². The maximum absolute atomic E-state index is 12.4. The second kappa shape index (κ2) is 7.02. The summed E-state index contributed by atoms with van der Waals surface area (Å²) in [7, 11) is 1.65. The SMILES string of the molecule is COc1cccc(N2COc3ccc4c(-c5ccccc5)cc(=O)oc4c3C2)c1. The van der Waals surface area contributed by atoms with Crippen LogP contribution in [0.15, 0.2) is 82.0 Å². The van der Waals surface area contributed by atoms with Crippen molar-refractivity contribution in [1.29, 1.82) is 0 Å². The predicted molar refractivity (Wildman–Crippen MR) is 113 cm³/mol. The summed E-state index contributed by atoms with van der Waals surface area (Å²) in [5.74, 6) is 1.52. The van der Waals surface area contributed by atoms with Gasteiger partial charge in [-0.3, -0.25) is 0 Å². The molecule has 5 nitrogen and oxygen atoms in total. The zero-order valence-electron chi connectivity index (χ0n) is 15.9. The van der Waals surface area contributed by atoms with Crippen LogP contribution in [0.25, 0.3) is 22.1 Å². The monoisotopic (exact) mass is 385 g/mol. The first-order chi connectivity index (χ1) is 14.2. The van der Waals surface area contributed by atoms with Crippen molar-refractivity contribution < 1.29 is 13.9 Å². The van der Waals surface area contributed by atoms with Gasteiger partial charge in [0.25, 0.3) is 0 Å². The largest absolute Gasteiger partial charge is 0.497 e. The highest BCUT2D eigenvalue weighted by molar-refractivity contribution is 5.96. The van der Waals surface area contributed by atoms with Crippen molar-refractivity contribution in [2.24, 2.45) is 0 Å². The van der Waals surface area contributed by atoms with E-state index in [1.54, 1.807) is 13.2 Å². The van der Waals surface area contributed by atoms with Crippen molar-refractivity contribution in [2.45, 2.75) is 6.54 Å². The van der Waals surface area contributed by atoms with Gasteiger partial charge >= 0.3 is 5.63 Å². The smallest absolute Gasteiger partial charge is 0.336 e. The Labute approximate surface area is 167 Å². The maximum atomic E-state index is 12.4. The van der Waals surface area contributed by atoms with E-state index in [2.05, 4.69) is 4.90 Å². The first-order valence-electron chi connectivity index (χ1n) is 9.40. The lowest BCUT2D eigenvalue weighted by Gasteiger charge is -2.31. The Bertz CT molecular complexity index is 1250. The van der Waals surface area contributed by atoms with Gasteiger partial charge < -0.3 is 18.8 Å². The molecule has 5 rings (SSSR count). The fraction of sp³-hybridized carbons (Fsp3) is 0.125. The second-order valence-corrected chi connectivity index (χ2v) is 6.94. The van der Waals surface area contributed by atoms with Crippen LogP contribution in [0, 0.1) is 0 Å². The molecule has 1 aromatic heterocycles. The number of hydrogen-bond donors (Lipinski definition) is 0. The molecule has 0 spiro atoms. The number of methoxy groups -OCH3 is 1. The Hall–Kier alpha value is -3.73. The van der Waals surface area contributed by atoms with Gasteiger partial charge in [0.2, 0.25) is 0 Å². The highest BCUT2D eigenvalue weighted by atomic mass is 16.5. The van der Waals surface area contributed by atoms with Crippen LogP contribution in [0.5, 0.6) is 11.5 Å². The van der Waals surface area contributed by atoms with Crippen molar-refractivity contribution in [1.82, 2.24) is 0 Å². The molecule has 0 radical (unpaired) electrons. The Morgan fingerprint density at radius 3 is 2.66 bits per heavy atom. The molecule has 1 aliphatic heterocycles. The molecule has 0 fully saturated rings. The number of fused-ring (bicyclic) bond motifs is 3. The summed E-state index contributed by atoms with van der Waals surface area (Å²) in [5.41, 5.74) is 3.88. The van der Waals surface area contributed by atoms with Gasteiger partial charge in [-0.15, -0.1) is 0 Å². The van der Waals surface area contributed by atoms with Crippen molar-refractivity contribution >= 4 is 16.7 Å². The molecule has 0 saturated carbocycles. The van der Waals surface area contributed by atoms with Gasteiger partial charge in [-0.25, -0.2) is 4.79 Å². The van der Waals surface area contributed by atoms with E-state index in [0.717, 1.165) is 39.3 Å². The first-order valence-corrected chi connectivity index (χ1v) is 9.40. The Morgan fingerprint density at radius 1 is 0.966 bits per heavy atom. The standard InChI is InChI=1S/C24H19NO4/c1-27-18-9-5-8-17(12-18)25-14-21-22(28-15-25)11-10-19-20(13-23(26)29-24(19)21)16-6-3-2-4-7-16/h2-13H,14-15H2,1H3. The Balaban J connectivity index is 1.64. The quantitative estimate of drug-likeness (QED) is 0.473. The minimum absolute atomic E-state index is 0.372. The molecule has 4 aromatic rings. The van der Waals surface area contributed by atoms with Crippen LogP contribution >= 0.6 is 0 Å². The van der Waals surface area contributed by atoms with E-state index in [9.17, 15) is 4.79 Å². The number of ether oxygens (including phenoxy) is 2. The summed E-state index contributed by atoms with van der Waals surface area (Å²) >= 11 is 0. The van der Waals surface area contributed by atoms with Crippen LogP contribution in [0.2, 0.25) is 0 Å². The Morgan fingerprint density at radius 2 is 1.83 bits per heavy atom. The van der Waals surface area contributed by atoms with Gasteiger partial charge in [-0.1, -0.05) is 36.4 Å². The van der Waals surface area contributed by atoms with Crippen molar-refractivity contribution in [3.63, 3.8) is 0 Å². The number of anilines is 1.